The summed E-state index contributed by atoms with van der Waals surface area (Å²) >= 11 is 0. The molecule has 0 radical (unpaired) electrons. The van der Waals surface area contributed by atoms with Crippen molar-refractivity contribution in [2.75, 3.05) is 13.7 Å². The molecule has 0 fully saturated rings. The molecule has 0 bridgehead atoms. The summed E-state index contributed by atoms with van der Waals surface area (Å²) in [5.74, 6) is 0.0110. The molecule has 6 nitrogen and oxygen atoms in total. The fraction of sp³-hybridized carbons (Fsp3) is 0.300. The maximum atomic E-state index is 12.8. The van der Waals surface area contributed by atoms with Gasteiger partial charge in [-0.2, -0.15) is 0 Å². The van der Waals surface area contributed by atoms with Crippen LogP contribution >= 0.6 is 0 Å². The second-order valence-electron chi connectivity index (χ2n) is 5.75. The van der Waals surface area contributed by atoms with Crippen LogP contribution in [0.25, 0.3) is 0 Å². The minimum Gasteiger partial charge on any atom is -0.497 e. The monoisotopic (exact) mass is 375 g/mol. The number of carbonyl (C=O) groups is 2. The van der Waals surface area contributed by atoms with Crippen LogP contribution < -0.4 is 14.8 Å². The molecule has 0 aliphatic rings. The Balaban J connectivity index is 1.67. The zero-order valence-corrected chi connectivity index (χ0v) is 15.2. The van der Waals surface area contributed by atoms with Crippen LogP contribution in [-0.2, 0) is 20.9 Å². The molecule has 0 saturated carbocycles. The number of ether oxygens (including phenoxy) is 3. The minimum absolute atomic E-state index is 0.0155. The van der Waals surface area contributed by atoms with E-state index in [9.17, 15) is 14.0 Å². The molecule has 2 rings (SSSR count). The van der Waals surface area contributed by atoms with E-state index in [1.807, 2.05) is 0 Å². The number of methoxy groups -OCH3 is 1. The third-order valence-electron chi connectivity index (χ3n) is 3.69. The van der Waals surface area contributed by atoms with Crippen LogP contribution in [0.3, 0.4) is 0 Å². The lowest BCUT2D eigenvalue weighted by atomic mass is 10.2. The maximum Gasteiger partial charge on any atom is 0.310 e. The van der Waals surface area contributed by atoms with E-state index in [1.165, 1.54) is 19.1 Å². The van der Waals surface area contributed by atoms with Crippen molar-refractivity contribution < 1.29 is 28.2 Å². The fourth-order valence-corrected chi connectivity index (χ4v) is 2.17. The number of halogens is 1. The van der Waals surface area contributed by atoms with Crippen LogP contribution in [0.15, 0.2) is 48.5 Å². The molecule has 7 heteroatoms. The highest BCUT2D eigenvalue weighted by molar-refractivity contribution is 5.83. The number of rotatable bonds is 9. The van der Waals surface area contributed by atoms with Gasteiger partial charge >= 0.3 is 5.97 Å². The van der Waals surface area contributed by atoms with Crippen LogP contribution in [-0.4, -0.2) is 31.7 Å². The number of nitrogens with one attached hydrogen (secondary N) is 1. The molecule has 27 heavy (non-hydrogen) atoms. The Morgan fingerprint density at radius 3 is 2.30 bits per heavy atom. The highest BCUT2D eigenvalue weighted by Gasteiger charge is 2.17. The first-order chi connectivity index (χ1) is 13.0. The molecule has 0 aliphatic carbocycles. The van der Waals surface area contributed by atoms with Gasteiger partial charge in [-0.1, -0.05) is 12.1 Å². The number of hydrogen-bond acceptors (Lipinski definition) is 5. The Morgan fingerprint density at radius 2 is 1.67 bits per heavy atom. The summed E-state index contributed by atoms with van der Waals surface area (Å²) in [6.07, 6.45) is -0.916. The van der Waals surface area contributed by atoms with Gasteiger partial charge in [-0.15, -0.1) is 0 Å². The molecule has 0 aliphatic heterocycles. The summed E-state index contributed by atoms with van der Waals surface area (Å²) in [7, 11) is 1.57. The van der Waals surface area contributed by atoms with E-state index in [-0.39, 0.29) is 25.4 Å². The molecule has 1 atom stereocenters. The average molecular weight is 375 g/mol. The second kappa shape index (κ2) is 10.2. The van der Waals surface area contributed by atoms with Crippen LogP contribution in [0.1, 0.15) is 18.9 Å². The summed E-state index contributed by atoms with van der Waals surface area (Å²) in [4.78, 5) is 23.8. The van der Waals surface area contributed by atoms with Gasteiger partial charge in [-0.05, 0) is 48.9 Å². The Bertz CT molecular complexity index is 746. The second-order valence-corrected chi connectivity index (χ2v) is 5.75. The molecule has 0 aromatic heterocycles. The van der Waals surface area contributed by atoms with E-state index in [0.29, 0.717) is 11.5 Å². The minimum atomic E-state index is -0.932. The molecule has 1 amide bonds. The van der Waals surface area contributed by atoms with Crippen molar-refractivity contribution in [3.63, 3.8) is 0 Å². The van der Waals surface area contributed by atoms with E-state index in [0.717, 1.165) is 5.56 Å². The SMILES string of the molecule is COc1ccc(OCCC(=O)OC(C)C(=O)NCc2ccc(F)cc2)cc1. The van der Waals surface area contributed by atoms with E-state index in [4.69, 9.17) is 14.2 Å². The van der Waals surface area contributed by atoms with Crippen molar-refractivity contribution >= 4 is 11.9 Å². The first-order valence-corrected chi connectivity index (χ1v) is 8.46. The number of benzene rings is 2. The van der Waals surface area contributed by atoms with E-state index in [1.54, 1.807) is 43.5 Å². The first kappa shape index (κ1) is 20.2. The summed E-state index contributed by atoms with van der Waals surface area (Å²) < 4.78 is 28.4. The predicted molar refractivity (Wildman–Crippen MR) is 96.9 cm³/mol. The molecule has 0 saturated heterocycles. The molecular weight excluding hydrogens is 353 g/mol. The van der Waals surface area contributed by atoms with E-state index < -0.39 is 18.0 Å². The summed E-state index contributed by atoms with van der Waals surface area (Å²) in [5.41, 5.74) is 0.746. The number of carbonyl (C=O) groups excluding carboxylic acids is 2. The Kier molecular flexibility index (Phi) is 7.61. The Hall–Kier alpha value is -3.09. The highest BCUT2D eigenvalue weighted by Crippen LogP contribution is 2.17. The van der Waals surface area contributed by atoms with Gasteiger partial charge in [0.25, 0.3) is 5.91 Å². The van der Waals surface area contributed by atoms with Crippen molar-refractivity contribution in [2.45, 2.75) is 26.0 Å². The molecule has 2 aromatic rings. The lowest BCUT2D eigenvalue weighted by Crippen LogP contribution is -2.35. The van der Waals surface area contributed by atoms with Gasteiger partial charge in [0.05, 0.1) is 20.1 Å². The van der Waals surface area contributed by atoms with Crippen LogP contribution in [0.4, 0.5) is 4.39 Å². The lowest BCUT2D eigenvalue weighted by molar-refractivity contribution is -0.155. The molecule has 144 valence electrons. The van der Waals surface area contributed by atoms with Crippen LogP contribution in [0.5, 0.6) is 11.5 Å². The van der Waals surface area contributed by atoms with Crippen molar-refractivity contribution in [1.82, 2.24) is 5.32 Å². The van der Waals surface area contributed by atoms with Gasteiger partial charge in [0.2, 0.25) is 0 Å². The third kappa shape index (κ3) is 6.97. The van der Waals surface area contributed by atoms with Crippen molar-refractivity contribution in [3.8, 4) is 11.5 Å². The number of esters is 1. The molecule has 1 N–H and O–H groups in total. The number of amides is 1. The van der Waals surface area contributed by atoms with Gasteiger partial charge in [-0.25, -0.2) is 4.39 Å². The van der Waals surface area contributed by atoms with Gasteiger partial charge < -0.3 is 19.5 Å². The van der Waals surface area contributed by atoms with Crippen molar-refractivity contribution in [3.05, 3.63) is 59.9 Å². The molecule has 0 spiro atoms. The Morgan fingerprint density at radius 1 is 1.04 bits per heavy atom. The number of hydrogen-bond donors (Lipinski definition) is 1. The quantitative estimate of drug-likeness (QED) is 0.682. The molecular formula is C20H22FNO5. The van der Waals surface area contributed by atoms with E-state index >= 15 is 0 Å². The van der Waals surface area contributed by atoms with Crippen LogP contribution in [0, 0.1) is 5.82 Å². The molecule has 2 aromatic carbocycles. The average Bonchev–Trinajstić information content (AvgIpc) is 2.67. The summed E-state index contributed by atoms with van der Waals surface area (Å²) in [6.45, 7) is 1.85. The predicted octanol–water partition coefficient (Wildman–Crippen LogP) is 2.85. The van der Waals surface area contributed by atoms with Gasteiger partial charge in [0.15, 0.2) is 6.10 Å². The fourth-order valence-electron chi connectivity index (χ4n) is 2.17. The highest BCUT2D eigenvalue weighted by atomic mass is 19.1. The largest absolute Gasteiger partial charge is 0.497 e. The van der Waals surface area contributed by atoms with E-state index in [2.05, 4.69) is 5.32 Å². The third-order valence-corrected chi connectivity index (χ3v) is 3.69. The summed E-state index contributed by atoms with van der Waals surface area (Å²) in [5, 5.41) is 2.63. The lowest BCUT2D eigenvalue weighted by Gasteiger charge is -2.14. The van der Waals surface area contributed by atoms with Gasteiger partial charge in [-0.3, -0.25) is 9.59 Å². The molecule has 1 unspecified atom stereocenters. The van der Waals surface area contributed by atoms with Gasteiger partial charge in [0, 0.05) is 6.54 Å². The Labute approximate surface area is 157 Å². The first-order valence-electron chi connectivity index (χ1n) is 8.46. The zero-order valence-electron chi connectivity index (χ0n) is 15.2. The zero-order chi connectivity index (χ0) is 19.6. The standard InChI is InChI=1S/C20H22FNO5/c1-14(20(24)22-13-15-3-5-16(21)6-4-15)27-19(23)11-12-26-18-9-7-17(25-2)8-10-18/h3-10,14H,11-13H2,1-2H3,(H,22,24). The van der Waals surface area contributed by atoms with Gasteiger partial charge in [0.1, 0.15) is 17.3 Å². The topological polar surface area (TPSA) is 73.9 Å². The van der Waals surface area contributed by atoms with Crippen molar-refractivity contribution in [1.29, 1.82) is 0 Å². The summed E-state index contributed by atoms with van der Waals surface area (Å²) in [6, 6.07) is 12.7. The van der Waals surface area contributed by atoms with Crippen molar-refractivity contribution in [2.24, 2.45) is 0 Å². The normalized spacial score (nSPS) is 11.4. The molecule has 0 heterocycles. The smallest absolute Gasteiger partial charge is 0.310 e. The van der Waals surface area contributed by atoms with Crippen LogP contribution in [0.2, 0.25) is 0 Å². The maximum absolute atomic E-state index is 12.8.